The van der Waals surface area contributed by atoms with Crippen LogP contribution in [-0.2, 0) is 0 Å². The van der Waals surface area contributed by atoms with Gasteiger partial charge in [0, 0.05) is 18.0 Å². The molecule has 3 aromatic rings. The van der Waals surface area contributed by atoms with Gasteiger partial charge in [-0.1, -0.05) is 6.07 Å². The molecule has 2 N–H and O–H groups in total. The highest BCUT2D eigenvalue weighted by atomic mass is 19.1. The minimum atomic E-state index is -0.325. The lowest BCUT2D eigenvalue weighted by Gasteiger charge is -2.08. The molecule has 2 heterocycles. The Morgan fingerprint density at radius 3 is 2.65 bits per heavy atom. The van der Waals surface area contributed by atoms with Crippen molar-refractivity contribution in [2.75, 3.05) is 17.7 Å². The third-order valence-corrected chi connectivity index (χ3v) is 2.95. The number of benzene rings is 1. The largest absolute Gasteiger partial charge is 0.481 e. The first-order valence-electron chi connectivity index (χ1n) is 6.85. The number of ether oxygens (including phenoxy) is 1. The predicted octanol–water partition coefficient (Wildman–Crippen LogP) is 3.51. The Balaban J connectivity index is 1.74. The van der Waals surface area contributed by atoms with Crippen LogP contribution in [0.15, 0.2) is 54.9 Å². The number of aromatic nitrogens is 3. The fourth-order valence-corrected chi connectivity index (χ4v) is 1.91. The zero-order chi connectivity index (χ0) is 16.1. The monoisotopic (exact) mass is 311 g/mol. The second kappa shape index (κ2) is 6.69. The van der Waals surface area contributed by atoms with E-state index in [9.17, 15) is 4.39 Å². The van der Waals surface area contributed by atoms with Crippen molar-refractivity contribution in [1.29, 1.82) is 0 Å². The molecule has 116 valence electrons. The quantitative estimate of drug-likeness (QED) is 0.751. The summed E-state index contributed by atoms with van der Waals surface area (Å²) in [5.41, 5.74) is 1.34. The fourth-order valence-electron chi connectivity index (χ4n) is 1.91. The molecule has 0 bridgehead atoms. The average Bonchev–Trinajstić information content (AvgIpc) is 2.56. The summed E-state index contributed by atoms with van der Waals surface area (Å²) in [4.78, 5) is 12.5. The number of anilines is 4. The number of halogens is 1. The van der Waals surface area contributed by atoms with Gasteiger partial charge < -0.3 is 15.4 Å². The summed E-state index contributed by atoms with van der Waals surface area (Å²) < 4.78 is 18.2. The molecule has 0 aliphatic heterocycles. The van der Waals surface area contributed by atoms with E-state index in [1.54, 1.807) is 43.8 Å². The Morgan fingerprint density at radius 2 is 1.91 bits per heavy atom. The van der Waals surface area contributed by atoms with Crippen LogP contribution in [-0.4, -0.2) is 22.1 Å². The van der Waals surface area contributed by atoms with E-state index < -0.39 is 0 Å². The molecular weight excluding hydrogens is 297 g/mol. The summed E-state index contributed by atoms with van der Waals surface area (Å²) in [6.07, 6.45) is 3.24. The number of rotatable bonds is 5. The van der Waals surface area contributed by atoms with Crippen molar-refractivity contribution in [2.45, 2.75) is 0 Å². The molecule has 0 aliphatic rings. The molecule has 2 aromatic heterocycles. The summed E-state index contributed by atoms with van der Waals surface area (Å²) in [7, 11) is 1.56. The molecule has 7 heteroatoms. The standard InChI is InChI=1S/C16H14FN5O/c1-23-15-6-5-13(10-19-15)20-14-7-8-18-16(22-14)21-12-4-2-3-11(17)9-12/h2-10H,1H3,(H2,18,20,21,22). The molecule has 1 aromatic carbocycles. The zero-order valence-corrected chi connectivity index (χ0v) is 12.3. The first kappa shape index (κ1) is 14.7. The Bertz CT molecular complexity index is 794. The summed E-state index contributed by atoms with van der Waals surface area (Å²) >= 11 is 0. The van der Waals surface area contributed by atoms with Crippen molar-refractivity contribution in [2.24, 2.45) is 0 Å². The maximum Gasteiger partial charge on any atom is 0.229 e. The molecule has 0 saturated carbocycles. The van der Waals surface area contributed by atoms with Crippen molar-refractivity contribution in [3.63, 3.8) is 0 Å². The molecule has 0 spiro atoms. The summed E-state index contributed by atoms with van der Waals surface area (Å²) in [6.45, 7) is 0. The van der Waals surface area contributed by atoms with Crippen molar-refractivity contribution >= 4 is 23.1 Å². The first-order chi connectivity index (χ1) is 11.2. The van der Waals surface area contributed by atoms with Crippen LogP contribution in [0.25, 0.3) is 0 Å². The van der Waals surface area contributed by atoms with Crippen molar-refractivity contribution in [3.8, 4) is 5.88 Å². The highest BCUT2D eigenvalue weighted by molar-refractivity contribution is 5.58. The molecule has 0 amide bonds. The molecular formula is C16H14FN5O. The molecule has 23 heavy (non-hydrogen) atoms. The topological polar surface area (TPSA) is 72.0 Å². The van der Waals surface area contributed by atoms with Gasteiger partial charge in [0.05, 0.1) is 19.0 Å². The van der Waals surface area contributed by atoms with E-state index in [0.717, 1.165) is 5.69 Å². The van der Waals surface area contributed by atoms with Crippen LogP contribution in [0, 0.1) is 5.82 Å². The molecule has 3 rings (SSSR count). The molecule has 0 saturated heterocycles. The Hall–Kier alpha value is -3.22. The van der Waals surface area contributed by atoms with Crippen molar-refractivity contribution in [3.05, 3.63) is 60.7 Å². The Kier molecular flexibility index (Phi) is 4.28. The summed E-state index contributed by atoms with van der Waals surface area (Å²) in [5, 5.41) is 6.06. The van der Waals surface area contributed by atoms with E-state index in [0.29, 0.717) is 23.3 Å². The lowest BCUT2D eigenvalue weighted by atomic mass is 10.3. The van der Waals surface area contributed by atoms with Crippen LogP contribution in [0.5, 0.6) is 5.88 Å². The molecule has 0 unspecified atom stereocenters. The lowest BCUT2D eigenvalue weighted by molar-refractivity contribution is 0.398. The fraction of sp³-hybridized carbons (Fsp3) is 0.0625. The number of pyridine rings is 1. The molecule has 0 radical (unpaired) electrons. The van der Waals surface area contributed by atoms with Gasteiger partial charge in [0.15, 0.2) is 0 Å². The van der Waals surface area contributed by atoms with Gasteiger partial charge in [-0.05, 0) is 30.3 Å². The highest BCUT2D eigenvalue weighted by Gasteiger charge is 2.02. The van der Waals surface area contributed by atoms with E-state index in [4.69, 9.17) is 4.74 Å². The van der Waals surface area contributed by atoms with Gasteiger partial charge in [-0.3, -0.25) is 0 Å². The second-order valence-electron chi connectivity index (χ2n) is 4.62. The number of hydrogen-bond acceptors (Lipinski definition) is 6. The minimum Gasteiger partial charge on any atom is -0.481 e. The second-order valence-corrected chi connectivity index (χ2v) is 4.62. The van der Waals surface area contributed by atoms with Crippen LogP contribution in [0.4, 0.5) is 27.5 Å². The van der Waals surface area contributed by atoms with E-state index >= 15 is 0 Å². The van der Waals surface area contributed by atoms with Gasteiger partial charge in [0.1, 0.15) is 11.6 Å². The van der Waals surface area contributed by atoms with Gasteiger partial charge in [-0.25, -0.2) is 14.4 Å². The SMILES string of the molecule is COc1ccc(Nc2ccnc(Nc3cccc(F)c3)n2)cn1. The summed E-state index contributed by atoms with van der Waals surface area (Å²) in [6, 6.07) is 11.4. The van der Waals surface area contributed by atoms with E-state index in [1.807, 2.05) is 6.07 Å². The van der Waals surface area contributed by atoms with Crippen LogP contribution in [0.3, 0.4) is 0 Å². The van der Waals surface area contributed by atoms with Crippen molar-refractivity contribution in [1.82, 2.24) is 15.0 Å². The molecule has 0 fully saturated rings. The number of methoxy groups -OCH3 is 1. The first-order valence-corrected chi connectivity index (χ1v) is 6.85. The molecule has 0 atom stereocenters. The smallest absolute Gasteiger partial charge is 0.229 e. The Morgan fingerprint density at radius 1 is 1.00 bits per heavy atom. The van der Waals surface area contributed by atoms with Crippen molar-refractivity contribution < 1.29 is 9.13 Å². The van der Waals surface area contributed by atoms with Gasteiger partial charge in [-0.15, -0.1) is 0 Å². The van der Waals surface area contributed by atoms with Crippen LogP contribution < -0.4 is 15.4 Å². The molecule has 6 nitrogen and oxygen atoms in total. The average molecular weight is 311 g/mol. The normalized spacial score (nSPS) is 10.2. The molecule has 0 aliphatic carbocycles. The van der Waals surface area contributed by atoms with E-state index in [1.165, 1.54) is 12.1 Å². The number of hydrogen-bond donors (Lipinski definition) is 2. The third-order valence-electron chi connectivity index (χ3n) is 2.95. The highest BCUT2D eigenvalue weighted by Crippen LogP contribution is 2.18. The minimum absolute atomic E-state index is 0.325. The van der Waals surface area contributed by atoms with Crippen LogP contribution in [0.1, 0.15) is 0 Å². The lowest BCUT2D eigenvalue weighted by Crippen LogP contribution is -2.00. The van der Waals surface area contributed by atoms with E-state index in [-0.39, 0.29) is 5.82 Å². The van der Waals surface area contributed by atoms with Gasteiger partial charge in [0.25, 0.3) is 0 Å². The van der Waals surface area contributed by atoms with Crippen LogP contribution >= 0.6 is 0 Å². The van der Waals surface area contributed by atoms with E-state index in [2.05, 4.69) is 25.6 Å². The maximum atomic E-state index is 13.2. The third kappa shape index (κ3) is 3.91. The van der Waals surface area contributed by atoms with Gasteiger partial charge >= 0.3 is 0 Å². The Labute approximate surface area is 132 Å². The number of nitrogens with zero attached hydrogens (tertiary/aromatic N) is 3. The van der Waals surface area contributed by atoms with Gasteiger partial charge in [0.2, 0.25) is 11.8 Å². The maximum absolute atomic E-state index is 13.2. The van der Waals surface area contributed by atoms with Gasteiger partial charge in [-0.2, -0.15) is 4.98 Å². The zero-order valence-electron chi connectivity index (χ0n) is 12.3. The predicted molar refractivity (Wildman–Crippen MR) is 85.8 cm³/mol. The number of nitrogens with one attached hydrogen (secondary N) is 2. The van der Waals surface area contributed by atoms with Crippen LogP contribution in [0.2, 0.25) is 0 Å². The summed E-state index contributed by atoms with van der Waals surface area (Å²) in [5.74, 6) is 1.16.